The highest BCUT2D eigenvalue weighted by molar-refractivity contribution is 6.30. The summed E-state index contributed by atoms with van der Waals surface area (Å²) in [7, 11) is 0. The van der Waals surface area contributed by atoms with E-state index in [4.69, 9.17) is 11.6 Å². The minimum Gasteiger partial charge on any atom is -0.385 e. The molecule has 3 atom stereocenters. The Morgan fingerprint density at radius 2 is 1.76 bits per heavy atom. The predicted molar refractivity (Wildman–Crippen MR) is 98.6 cm³/mol. The van der Waals surface area contributed by atoms with Crippen molar-refractivity contribution in [2.24, 2.45) is 11.8 Å². The molecule has 0 radical (unpaired) electrons. The fraction of sp³-hybridized carbons (Fsp3) is 0.350. The van der Waals surface area contributed by atoms with E-state index in [1.165, 1.54) is 0 Å². The van der Waals surface area contributed by atoms with Crippen molar-refractivity contribution in [1.29, 1.82) is 0 Å². The molecule has 25 heavy (non-hydrogen) atoms. The van der Waals surface area contributed by atoms with E-state index in [0.717, 1.165) is 5.56 Å². The van der Waals surface area contributed by atoms with Crippen LogP contribution in [-0.2, 0) is 5.60 Å². The van der Waals surface area contributed by atoms with Crippen LogP contribution in [-0.4, -0.2) is 29.1 Å². The van der Waals surface area contributed by atoms with Crippen molar-refractivity contribution >= 4 is 23.3 Å². The number of carbonyl (C=O) groups excluding carboxylic acids is 1. The zero-order chi connectivity index (χ0) is 17.4. The average Bonchev–Trinajstić information content (AvgIpc) is 3.11. The number of anilines is 1. The van der Waals surface area contributed by atoms with Crippen LogP contribution in [0.1, 0.15) is 18.4 Å². The molecule has 2 aromatic carbocycles. The van der Waals surface area contributed by atoms with Gasteiger partial charge < -0.3 is 15.3 Å². The summed E-state index contributed by atoms with van der Waals surface area (Å²) in [4.78, 5) is 14.3. The largest absolute Gasteiger partial charge is 0.385 e. The Hall–Kier alpha value is -2.04. The number of carbonyl (C=O) groups is 1. The van der Waals surface area contributed by atoms with E-state index in [1.54, 1.807) is 12.1 Å². The molecular weight excluding hydrogens is 336 g/mol. The first-order chi connectivity index (χ1) is 12.0. The first kappa shape index (κ1) is 16.4. The third-order valence-electron chi connectivity index (χ3n) is 5.45. The Labute approximate surface area is 152 Å². The lowest BCUT2D eigenvalue weighted by atomic mass is 9.90. The van der Waals surface area contributed by atoms with Crippen molar-refractivity contribution < 1.29 is 9.90 Å². The number of aliphatic hydroxyl groups is 1. The second kappa shape index (κ2) is 6.36. The monoisotopic (exact) mass is 356 g/mol. The predicted octanol–water partition coefficient (Wildman–Crippen LogP) is 4.10. The quantitative estimate of drug-likeness (QED) is 0.851. The highest BCUT2D eigenvalue weighted by atomic mass is 35.5. The number of halogens is 1. The highest BCUT2D eigenvalue weighted by Crippen LogP contribution is 2.48. The van der Waals surface area contributed by atoms with Gasteiger partial charge in [-0.05, 0) is 48.4 Å². The number of likely N-dealkylation sites (tertiary alicyclic amines) is 1. The number of hydrogen-bond donors (Lipinski definition) is 2. The molecule has 4 rings (SSSR count). The molecule has 1 saturated heterocycles. The number of nitrogens with zero attached hydrogens (tertiary/aromatic N) is 1. The maximum absolute atomic E-state index is 12.5. The molecule has 1 saturated carbocycles. The number of benzene rings is 2. The molecular formula is C20H21ClN2O2. The van der Waals surface area contributed by atoms with Gasteiger partial charge in [0.05, 0.1) is 5.60 Å². The van der Waals surface area contributed by atoms with Crippen LogP contribution < -0.4 is 5.32 Å². The van der Waals surface area contributed by atoms with E-state index in [0.29, 0.717) is 48.5 Å². The van der Waals surface area contributed by atoms with Crippen molar-refractivity contribution in [3.05, 3.63) is 65.2 Å². The minimum absolute atomic E-state index is 0.0973. The third-order valence-corrected chi connectivity index (χ3v) is 5.69. The molecule has 130 valence electrons. The fourth-order valence-electron chi connectivity index (χ4n) is 4.27. The molecule has 1 heterocycles. The Balaban J connectivity index is 1.40. The second-order valence-electron chi connectivity index (χ2n) is 7.17. The summed E-state index contributed by atoms with van der Waals surface area (Å²) < 4.78 is 0. The van der Waals surface area contributed by atoms with Crippen LogP contribution in [0.5, 0.6) is 0 Å². The summed E-state index contributed by atoms with van der Waals surface area (Å²) in [5.41, 5.74) is 0.932. The molecule has 0 aromatic heterocycles. The Morgan fingerprint density at radius 3 is 2.40 bits per heavy atom. The van der Waals surface area contributed by atoms with Crippen LogP contribution >= 0.6 is 11.6 Å². The van der Waals surface area contributed by atoms with Gasteiger partial charge in [-0.3, -0.25) is 0 Å². The van der Waals surface area contributed by atoms with Gasteiger partial charge in [-0.1, -0.05) is 48.0 Å². The first-order valence-corrected chi connectivity index (χ1v) is 9.01. The number of rotatable bonds is 2. The van der Waals surface area contributed by atoms with Crippen molar-refractivity contribution in [2.45, 2.75) is 18.4 Å². The van der Waals surface area contributed by atoms with Crippen molar-refractivity contribution in [3.8, 4) is 0 Å². The van der Waals surface area contributed by atoms with E-state index in [-0.39, 0.29) is 6.03 Å². The molecule has 0 spiro atoms. The van der Waals surface area contributed by atoms with E-state index in [2.05, 4.69) is 5.32 Å². The molecule has 2 aromatic rings. The lowest BCUT2D eigenvalue weighted by Gasteiger charge is -2.26. The van der Waals surface area contributed by atoms with Crippen LogP contribution in [0.15, 0.2) is 54.6 Å². The molecule has 2 fully saturated rings. The molecule has 1 aliphatic heterocycles. The van der Waals surface area contributed by atoms with Crippen molar-refractivity contribution in [3.63, 3.8) is 0 Å². The minimum atomic E-state index is -0.758. The average molecular weight is 357 g/mol. The Kier molecular flexibility index (Phi) is 4.18. The third kappa shape index (κ3) is 3.24. The number of amides is 2. The van der Waals surface area contributed by atoms with Crippen LogP contribution in [0.4, 0.5) is 10.5 Å². The van der Waals surface area contributed by atoms with Crippen LogP contribution in [0.2, 0.25) is 5.02 Å². The van der Waals surface area contributed by atoms with Gasteiger partial charge >= 0.3 is 6.03 Å². The van der Waals surface area contributed by atoms with E-state index in [1.807, 2.05) is 47.4 Å². The smallest absolute Gasteiger partial charge is 0.321 e. The van der Waals surface area contributed by atoms with Gasteiger partial charge in [0, 0.05) is 23.8 Å². The fourth-order valence-corrected chi connectivity index (χ4v) is 4.46. The molecule has 1 unspecified atom stereocenters. The summed E-state index contributed by atoms with van der Waals surface area (Å²) in [5, 5.41) is 14.5. The van der Waals surface area contributed by atoms with Gasteiger partial charge in [0.1, 0.15) is 0 Å². The molecule has 2 aliphatic rings. The molecule has 5 heteroatoms. The molecule has 2 amide bonds. The maximum Gasteiger partial charge on any atom is 0.321 e. The van der Waals surface area contributed by atoms with E-state index >= 15 is 0 Å². The SMILES string of the molecule is O=C(Nc1cccc(Cl)c1)N1C[C@@H]2CC(O)(c3ccccc3)C[C@@H]2C1. The van der Waals surface area contributed by atoms with Crippen LogP contribution in [0.25, 0.3) is 0 Å². The highest BCUT2D eigenvalue weighted by Gasteiger charge is 2.49. The zero-order valence-corrected chi connectivity index (χ0v) is 14.6. The summed E-state index contributed by atoms with van der Waals surface area (Å²) in [5.74, 6) is 0.686. The first-order valence-electron chi connectivity index (χ1n) is 8.63. The normalized spacial score (nSPS) is 28.0. The standard InChI is InChI=1S/C20H21ClN2O2/c21-17-7-4-8-18(9-17)22-19(24)23-12-14-10-20(25,11-15(14)13-23)16-5-2-1-3-6-16/h1-9,14-15,25H,10-13H2,(H,22,24)/t14-,15+,20?. The number of fused-ring (bicyclic) bond motifs is 1. The van der Waals surface area contributed by atoms with Gasteiger partial charge in [0.25, 0.3) is 0 Å². The maximum atomic E-state index is 12.5. The van der Waals surface area contributed by atoms with Crippen molar-refractivity contribution in [1.82, 2.24) is 4.90 Å². The second-order valence-corrected chi connectivity index (χ2v) is 7.61. The summed E-state index contributed by atoms with van der Waals surface area (Å²) in [6.07, 6.45) is 1.42. The number of hydrogen-bond acceptors (Lipinski definition) is 2. The van der Waals surface area contributed by atoms with Crippen LogP contribution in [0.3, 0.4) is 0 Å². The topological polar surface area (TPSA) is 52.6 Å². The Bertz CT molecular complexity index is 766. The van der Waals surface area contributed by atoms with Gasteiger partial charge in [0.2, 0.25) is 0 Å². The summed E-state index contributed by atoms with van der Waals surface area (Å²) in [6.45, 7) is 1.37. The molecule has 0 bridgehead atoms. The van der Waals surface area contributed by atoms with Crippen LogP contribution in [0, 0.1) is 11.8 Å². The van der Waals surface area contributed by atoms with E-state index < -0.39 is 5.60 Å². The Morgan fingerprint density at radius 1 is 1.08 bits per heavy atom. The molecule has 1 aliphatic carbocycles. The number of nitrogens with one attached hydrogen (secondary N) is 1. The van der Waals surface area contributed by atoms with Gasteiger partial charge in [0.15, 0.2) is 0 Å². The van der Waals surface area contributed by atoms with Gasteiger partial charge in [-0.15, -0.1) is 0 Å². The summed E-state index contributed by atoms with van der Waals surface area (Å²) >= 11 is 5.96. The zero-order valence-electron chi connectivity index (χ0n) is 13.9. The summed E-state index contributed by atoms with van der Waals surface area (Å²) in [6, 6.07) is 16.9. The number of urea groups is 1. The van der Waals surface area contributed by atoms with Gasteiger partial charge in [-0.25, -0.2) is 4.79 Å². The lowest BCUT2D eigenvalue weighted by Crippen LogP contribution is -2.35. The molecule has 2 N–H and O–H groups in total. The lowest BCUT2D eigenvalue weighted by molar-refractivity contribution is 0.0328. The molecule has 4 nitrogen and oxygen atoms in total. The van der Waals surface area contributed by atoms with Gasteiger partial charge in [-0.2, -0.15) is 0 Å². The van der Waals surface area contributed by atoms with Crippen molar-refractivity contribution in [2.75, 3.05) is 18.4 Å². The van der Waals surface area contributed by atoms with E-state index in [9.17, 15) is 9.90 Å².